The fraction of sp³-hybridized carbons (Fsp3) is 0.231. The fourth-order valence-corrected chi connectivity index (χ4v) is 1.80. The fourth-order valence-electron chi connectivity index (χ4n) is 1.80. The van der Waals surface area contributed by atoms with Gasteiger partial charge in [-0.2, -0.15) is 0 Å². The van der Waals surface area contributed by atoms with Crippen LogP contribution >= 0.6 is 0 Å². The van der Waals surface area contributed by atoms with Crippen LogP contribution in [-0.2, 0) is 24.0 Å². The standard InChI is InChI=1S/C13H12N2O5/c1-4-14-11-7(2)12(19-8(11)3)13(18)20-15-9(16)5-6-10(15)17/h4H,1,3,5-6H2,2H3/b14-11-. The van der Waals surface area contributed by atoms with Crippen LogP contribution in [0.25, 0.3) is 0 Å². The lowest BCUT2D eigenvalue weighted by Crippen LogP contribution is -2.32. The number of aliphatic imine (C=N–C) groups is 1. The Hall–Kier alpha value is -2.70. The van der Waals surface area contributed by atoms with E-state index in [0.29, 0.717) is 16.3 Å². The van der Waals surface area contributed by atoms with Crippen LogP contribution in [0.4, 0.5) is 0 Å². The summed E-state index contributed by atoms with van der Waals surface area (Å²) in [5.74, 6) is -2.03. The van der Waals surface area contributed by atoms with Gasteiger partial charge in [0.15, 0.2) is 0 Å². The lowest BCUT2D eigenvalue weighted by molar-refractivity contribution is -0.196. The third kappa shape index (κ3) is 2.25. The molecule has 0 atom stereocenters. The Bertz CT molecular complexity index is 584. The van der Waals surface area contributed by atoms with E-state index in [0.717, 1.165) is 0 Å². The molecule has 2 heterocycles. The molecule has 0 bridgehead atoms. The largest absolute Gasteiger partial charge is 0.448 e. The Labute approximate surface area is 114 Å². The number of amides is 2. The lowest BCUT2D eigenvalue weighted by atomic mass is 10.1. The highest BCUT2D eigenvalue weighted by Crippen LogP contribution is 2.26. The smallest absolute Gasteiger partial charge is 0.399 e. The first-order chi connectivity index (χ1) is 9.45. The van der Waals surface area contributed by atoms with Crippen LogP contribution in [-0.4, -0.2) is 28.6 Å². The SMILES string of the molecule is C=C/N=C1\C(=C)OC(C(=O)ON2C(=O)CCC2=O)=C1C. The van der Waals surface area contributed by atoms with Crippen molar-refractivity contribution in [2.45, 2.75) is 19.8 Å². The van der Waals surface area contributed by atoms with Crippen molar-refractivity contribution in [3.8, 4) is 0 Å². The van der Waals surface area contributed by atoms with Crippen molar-refractivity contribution in [2.75, 3.05) is 0 Å². The Balaban J connectivity index is 2.20. The van der Waals surface area contributed by atoms with Gasteiger partial charge >= 0.3 is 5.97 Å². The van der Waals surface area contributed by atoms with Crippen LogP contribution in [0.1, 0.15) is 19.8 Å². The Morgan fingerprint density at radius 2 is 2.00 bits per heavy atom. The lowest BCUT2D eigenvalue weighted by Gasteiger charge is -2.12. The molecule has 0 aromatic heterocycles. The number of hydroxylamine groups is 2. The van der Waals surface area contributed by atoms with Gasteiger partial charge in [0.2, 0.25) is 5.76 Å². The molecule has 7 nitrogen and oxygen atoms in total. The monoisotopic (exact) mass is 276 g/mol. The van der Waals surface area contributed by atoms with Crippen LogP contribution in [0.2, 0.25) is 0 Å². The van der Waals surface area contributed by atoms with Gasteiger partial charge < -0.3 is 9.57 Å². The molecular weight excluding hydrogens is 264 g/mol. The number of imide groups is 1. The van der Waals surface area contributed by atoms with E-state index >= 15 is 0 Å². The molecule has 0 aromatic rings. The minimum absolute atomic E-state index is 0.0287. The van der Waals surface area contributed by atoms with Gasteiger partial charge in [-0.1, -0.05) is 13.2 Å². The summed E-state index contributed by atoms with van der Waals surface area (Å²) in [6, 6.07) is 0. The molecule has 104 valence electrons. The van der Waals surface area contributed by atoms with E-state index in [1.54, 1.807) is 6.92 Å². The molecule has 2 rings (SSSR count). The average molecular weight is 276 g/mol. The highest BCUT2D eigenvalue weighted by Gasteiger charge is 2.37. The van der Waals surface area contributed by atoms with E-state index in [4.69, 9.17) is 9.57 Å². The zero-order valence-corrected chi connectivity index (χ0v) is 10.8. The quantitative estimate of drug-likeness (QED) is 0.718. The normalized spacial score (nSPS) is 20.8. The van der Waals surface area contributed by atoms with Crippen molar-refractivity contribution in [3.63, 3.8) is 0 Å². The zero-order valence-electron chi connectivity index (χ0n) is 10.8. The van der Waals surface area contributed by atoms with Crippen molar-refractivity contribution in [3.05, 3.63) is 36.4 Å². The summed E-state index contributed by atoms with van der Waals surface area (Å²) in [6.07, 6.45) is 1.34. The molecule has 0 aliphatic carbocycles. The second-order valence-electron chi connectivity index (χ2n) is 4.10. The number of nitrogens with zero attached hydrogens (tertiary/aromatic N) is 2. The maximum atomic E-state index is 11.9. The molecular formula is C13H12N2O5. The third-order valence-corrected chi connectivity index (χ3v) is 2.77. The van der Waals surface area contributed by atoms with E-state index in [1.807, 2.05) is 0 Å². The molecule has 1 fully saturated rings. The van der Waals surface area contributed by atoms with E-state index in [-0.39, 0.29) is 24.4 Å². The van der Waals surface area contributed by atoms with Crippen LogP contribution in [0.5, 0.6) is 0 Å². The van der Waals surface area contributed by atoms with Gasteiger partial charge in [0.05, 0.1) is 0 Å². The second-order valence-corrected chi connectivity index (χ2v) is 4.10. The number of hydrogen-bond donors (Lipinski definition) is 0. The van der Waals surface area contributed by atoms with Gasteiger partial charge in [0, 0.05) is 24.6 Å². The van der Waals surface area contributed by atoms with Gasteiger partial charge in [-0.15, -0.1) is 5.06 Å². The summed E-state index contributed by atoms with van der Waals surface area (Å²) >= 11 is 0. The zero-order chi connectivity index (χ0) is 14.9. The van der Waals surface area contributed by atoms with Crippen LogP contribution in [0, 0.1) is 0 Å². The summed E-state index contributed by atoms with van der Waals surface area (Å²) in [6.45, 7) is 8.63. The van der Waals surface area contributed by atoms with Crippen molar-refractivity contribution in [1.82, 2.24) is 5.06 Å². The minimum atomic E-state index is -0.943. The summed E-state index contributed by atoms with van der Waals surface area (Å²) in [5, 5.41) is 0.456. The molecule has 0 saturated carbocycles. The number of hydrogen-bond acceptors (Lipinski definition) is 6. The van der Waals surface area contributed by atoms with E-state index < -0.39 is 17.8 Å². The Kier molecular flexibility index (Phi) is 3.51. The van der Waals surface area contributed by atoms with Crippen molar-refractivity contribution >= 4 is 23.5 Å². The molecule has 2 aliphatic heterocycles. The Morgan fingerprint density at radius 3 is 2.55 bits per heavy atom. The molecule has 1 saturated heterocycles. The van der Waals surface area contributed by atoms with Crippen molar-refractivity contribution in [1.29, 1.82) is 0 Å². The molecule has 20 heavy (non-hydrogen) atoms. The highest BCUT2D eigenvalue weighted by molar-refractivity contribution is 6.17. The van der Waals surface area contributed by atoms with Gasteiger partial charge in [-0.3, -0.25) is 14.6 Å². The predicted molar refractivity (Wildman–Crippen MR) is 67.7 cm³/mol. The van der Waals surface area contributed by atoms with Crippen LogP contribution in [0.15, 0.2) is 41.4 Å². The topological polar surface area (TPSA) is 85.3 Å². The number of rotatable bonds is 3. The first kappa shape index (κ1) is 13.7. The molecule has 0 spiro atoms. The summed E-state index contributed by atoms with van der Waals surface area (Å²) in [5.41, 5.74) is 0.769. The van der Waals surface area contributed by atoms with Crippen molar-refractivity contribution in [2.24, 2.45) is 4.99 Å². The molecule has 0 aromatic carbocycles. The molecule has 0 unspecified atom stereocenters. The molecule has 2 amide bonds. The van der Waals surface area contributed by atoms with E-state index in [2.05, 4.69) is 18.2 Å². The predicted octanol–water partition coefficient (Wildman–Crippen LogP) is 0.996. The maximum Gasteiger partial charge on any atom is 0.399 e. The van der Waals surface area contributed by atoms with Crippen molar-refractivity contribution < 1.29 is 24.0 Å². The Morgan fingerprint density at radius 1 is 1.40 bits per heavy atom. The summed E-state index contributed by atoms with van der Waals surface area (Å²) in [7, 11) is 0. The van der Waals surface area contributed by atoms with Gasteiger partial charge in [0.25, 0.3) is 11.8 Å². The summed E-state index contributed by atoms with van der Waals surface area (Å²) < 4.78 is 5.16. The van der Waals surface area contributed by atoms with Gasteiger partial charge in [0.1, 0.15) is 11.5 Å². The van der Waals surface area contributed by atoms with Gasteiger partial charge in [-0.05, 0) is 6.92 Å². The van der Waals surface area contributed by atoms with Crippen LogP contribution in [0.3, 0.4) is 0 Å². The molecule has 2 aliphatic rings. The first-order valence-electron chi connectivity index (χ1n) is 5.81. The molecule has 7 heteroatoms. The molecule has 0 N–H and O–H groups in total. The van der Waals surface area contributed by atoms with Crippen LogP contribution < -0.4 is 0 Å². The summed E-state index contributed by atoms with van der Waals surface area (Å²) in [4.78, 5) is 43.3. The number of carbonyl (C=O) groups excluding carboxylic acids is 3. The first-order valence-corrected chi connectivity index (χ1v) is 5.81. The second kappa shape index (κ2) is 5.12. The van der Waals surface area contributed by atoms with E-state index in [9.17, 15) is 14.4 Å². The molecule has 0 radical (unpaired) electrons. The average Bonchev–Trinajstić information content (AvgIpc) is 2.86. The number of allylic oxidation sites excluding steroid dienone is 1. The van der Waals surface area contributed by atoms with Gasteiger partial charge in [-0.25, -0.2) is 4.79 Å². The number of carbonyl (C=O) groups is 3. The highest BCUT2D eigenvalue weighted by atomic mass is 16.7. The maximum absolute atomic E-state index is 11.9. The minimum Gasteiger partial charge on any atom is -0.448 e. The third-order valence-electron chi connectivity index (χ3n) is 2.77. The number of ether oxygens (including phenoxy) is 1. The van der Waals surface area contributed by atoms with E-state index in [1.165, 1.54) is 6.20 Å².